The highest BCUT2D eigenvalue weighted by atomic mass is 79.9. The van der Waals surface area contributed by atoms with Crippen LogP contribution in [0.25, 0.3) is 0 Å². The average molecular weight is 279 g/mol. The minimum Gasteiger partial charge on any atom is -0.450 e. The van der Waals surface area contributed by atoms with Crippen LogP contribution in [0.1, 0.15) is 6.92 Å². The van der Waals surface area contributed by atoms with E-state index in [-0.39, 0.29) is 0 Å². The number of halogens is 2. The second-order valence-corrected chi connectivity index (χ2v) is 3.74. The van der Waals surface area contributed by atoms with Gasteiger partial charge in [-0.25, -0.2) is 4.79 Å². The highest BCUT2D eigenvalue weighted by Crippen LogP contribution is 2.25. The van der Waals surface area contributed by atoms with E-state index >= 15 is 0 Å². The van der Waals surface area contributed by atoms with E-state index in [2.05, 4.69) is 21.2 Å². The monoisotopic (exact) mass is 277 g/mol. The van der Waals surface area contributed by atoms with E-state index in [1.807, 2.05) is 0 Å². The molecular formula is C9H9BrClNO2. The van der Waals surface area contributed by atoms with E-state index in [0.717, 1.165) is 4.47 Å². The van der Waals surface area contributed by atoms with Crippen LogP contribution < -0.4 is 5.32 Å². The van der Waals surface area contributed by atoms with Crippen molar-refractivity contribution in [3.8, 4) is 0 Å². The Kier molecular flexibility index (Phi) is 4.22. The van der Waals surface area contributed by atoms with E-state index in [9.17, 15) is 4.79 Å². The molecule has 0 bridgehead atoms. The zero-order valence-corrected chi connectivity index (χ0v) is 9.85. The van der Waals surface area contributed by atoms with Gasteiger partial charge in [-0.2, -0.15) is 0 Å². The van der Waals surface area contributed by atoms with Crippen molar-refractivity contribution in [1.82, 2.24) is 0 Å². The number of amides is 1. The molecule has 0 aliphatic carbocycles. The number of rotatable bonds is 2. The van der Waals surface area contributed by atoms with Gasteiger partial charge in [-0.3, -0.25) is 5.32 Å². The summed E-state index contributed by atoms with van der Waals surface area (Å²) in [6.07, 6.45) is -0.471. The molecule has 0 heterocycles. The van der Waals surface area contributed by atoms with Gasteiger partial charge in [-0.05, 0) is 41.1 Å². The molecule has 0 saturated carbocycles. The molecule has 1 rings (SSSR count). The summed E-state index contributed by atoms with van der Waals surface area (Å²) in [6, 6.07) is 5.09. The van der Waals surface area contributed by atoms with Crippen molar-refractivity contribution in [1.29, 1.82) is 0 Å². The molecule has 76 valence electrons. The molecule has 0 spiro atoms. The van der Waals surface area contributed by atoms with Crippen molar-refractivity contribution >= 4 is 39.3 Å². The van der Waals surface area contributed by atoms with Crippen LogP contribution in [0.4, 0.5) is 10.5 Å². The summed E-state index contributed by atoms with van der Waals surface area (Å²) < 4.78 is 5.45. The summed E-state index contributed by atoms with van der Waals surface area (Å²) in [5, 5.41) is 3.16. The lowest BCUT2D eigenvalue weighted by Crippen LogP contribution is -2.13. The Bertz CT molecular complexity index is 344. The molecule has 1 amide bonds. The third kappa shape index (κ3) is 3.20. The Morgan fingerprint density at radius 3 is 2.93 bits per heavy atom. The molecule has 5 heteroatoms. The van der Waals surface area contributed by atoms with Gasteiger partial charge in [0, 0.05) is 10.2 Å². The maximum absolute atomic E-state index is 11.0. The van der Waals surface area contributed by atoms with Crippen LogP contribution in [-0.2, 0) is 4.74 Å². The average Bonchev–Trinajstić information content (AvgIpc) is 2.12. The van der Waals surface area contributed by atoms with Gasteiger partial charge in [0.15, 0.2) is 0 Å². The van der Waals surface area contributed by atoms with Gasteiger partial charge >= 0.3 is 6.09 Å². The number of hydrogen-bond acceptors (Lipinski definition) is 2. The van der Waals surface area contributed by atoms with Crippen LogP contribution in [0.2, 0.25) is 5.02 Å². The zero-order valence-electron chi connectivity index (χ0n) is 7.51. The summed E-state index contributed by atoms with van der Waals surface area (Å²) in [5.74, 6) is 0. The predicted molar refractivity (Wildman–Crippen MR) is 59.8 cm³/mol. The van der Waals surface area contributed by atoms with Crippen molar-refractivity contribution in [2.24, 2.45) is 0 Å². The Morgan fingerprint density at radius 1 is 1.64 bits per heavy atom. The van der Waals surface area contributed by atoms with Crippen LogP contribution in [-0.4, -0.2) is 12.7 Å². The number of ether oxygens (including phenoxy) is 1. The smallest absolute Gasteiger partial charge is 0.411 e. The fraction of sp³-hybridized carbons (Fsp3) is 0.222. The van der Waals surface area contributed by atoms with Crippen molar-refractivity contribution < 1.29 is 9.53 Å². The molecule has 0 unspecified atom stereocenters. The van der Waals surface area contributed by atoms with Gasteiger partial charge in [-0.1, -0.05) is 11.6 Å². The van der Waals surface area contributed by atoms with Crippen LogP contribution in [0.15, 0.2) is 22.7 Å². The third-order valence-electron chi connectivity index (χ3n) is 1.44. The van der Waals surface area contributed by atoms with Crippen molar-refractivity contribution in [3.05, 3.63) is 27.7 Å². The van der Waals surface area contributed by atoms with E-state index in [1.54, 1.807) is 25.1 Å². The fourth-order valence-electron chi connectivity index (χ4n) is 0.859. The minimum absolute atomic E-state index is 0.348. The first-order valence-electron chi connectivity index (χ1n) is 4.02. The number of anilines is 1. The molecule has 0 radical (unpaired) electrons. The standard InChI is InChI=1S/C9H9BrClNO2/c1-2-14-9(13)12-6-3-4-8(11)7(10)5-6/h3-5H,2H2,1H3,(H,12,13). The van der Waals surface area contributed by atoms with Gasteiger partial charge in [-0.15, -0.1) is 0 Å². The molecule has 1 aromatic rings. The Hall–Kier alpha value is -0.740. The molecule has 0 fully saturated rings. The zero-order chi connectivity index (χ0) is 10.6. The van der Waals surface area contributed by atoms with E-state index in [1.165, 1.54) is 0 Å². The molecule has 0 aliphatic heterocycles. The Morgan fingerprint density at radius 2 is 2.36 bits per heavy atom. The SMILES string of the molecule is CCOC(=O)Nc1ccc(Cl)c(Br)c1. The van der Waals surface area contributed by atoms with E-state index in [0.29, 0.717) is 17.3 Å². The van der Waals surface area contributed by atoms with Gasteiger partial charge in [0.1, 0.15) is 0 Å². The summed E-state index contributed by atoms with van der Waals surface area (Å²) in [6.45, 7) is 2.10. The maximum atomic E-state index is 11.0. The number of carbonyl (C=O) groups is 1. The molecule has 14 heavy (non-hydrogen) atoms. The number of carbonyl (C=O) groups excluding carboxylic acids is 1. The quantitative estimate of drug-likeness (QED) is 0.896. The Labute approximate surface area is 95.5 Å². The predicted octanol–water partition coefficient (Wildman–Crippen LogP) is 3.67. The lowest BCUT2D eigenvalue weighted by molar-refractivity contribution is 0.168. The normalized spacial score (nSPS) is 9.64. The first-order chi connectivity index (χ1) is 6.63. The second kappa shape index (κ2) is 5.22. The molecule has 0 aromatic heterocycles. The van der Waals surface area contributed by atoms with Crippen LogP contribution >= 0.6 is 27.5 Å². The summed E-state index contributed by atoms with van der Waals surface area (Å²) in [7, 11) is 0. The molecule has 3 nitrogen and oxygen atoms in total. The van der Waals surface area contributed by atoms with Crippen LogP contribution in [0, 0.1) is 0 Å². The van der Waals surface area contributed by atoms with Gasteiger partial charge in [0.25, 0.3) is 0 Å². The van der Waals surface area contributed by atoms with Gasteiger partial charge < -0.3 is 4.74 Å². The topological polar surface area (TPSA) is 38.3 Å². The molecule has 0 aliphatic rings. The van der Waals surface area contributed by atoms with Crippen molar-refractivity contribution in [3.63, 3.8) is 0 Å². The number of nitrogens with one attached hydrogen (secondary N) is 1. The van der Waals surface area contributed by atoms with Gasteiger partial charge in [0.05, 0.1) is 11.6 Å². The fourth-order valence-corrected chi connectivity index (χ4v) is 1.36. The lowest BCUT2D eigenvalue weighted by Gasteiger charge is -2.05. The minimum atomic E-state index is -0.471. The van der Waals surface area contributed by atoms with E-state index in [4.69, 9.17) is 16.3 Å². The molecule has 0 atom stereocenters. The first kappa shape index (κ1) is 11.3. The molecular weight excluding hydrogens is 269 g/mol. The summed E-state index contributed by atoms with van der Waals surface area (Å²) >= 11 is 9.04. The summed E-state index contributed by atoms with van der Waals surface area (Å²) in [5.41, 5.74) is 0.639. The van der Waals surface area contributed by atoms with Crippen molar-refractivity contribution in [2.75, 3.05) is 11.9 Å². The summed E-state index contributed by atoms with van der Waals surface area (Å²) in [4.78, 5) is 11.0. The first-order valence-corrected chi connectivity index (χ1v) is 5.19. The van der Waals surface area contributed by atoms with Crippen LogP contribution in [0.5, 0.6) is 0 Å². The van der Waals surface area contributed by atoms with Crippen LogP contribution in [0.3, 0.4) is 0 Å². The van der Waals surface area contributed by atoms with Crippen molar-refractivity contribution in [2.45, 2.75) is 6.92 Å². The highest BCUT2D eigenvalue weighted by molar-refractivity contribution is 9.10. The molecule has 0 saturated heterocycles. The highest BCUT2D eigenvalue weighted by Gasteiger charge is 2.03. The number of benzene rings is 1. The lowest BCUT2D eigenvalue weighted by atomic mass is 10.3. The number of hydrogen-bond donors (Lipinski definition) is 1. The largest absolute Gasteiger partial charge is 0.450 e. The van der Waals surface area contributed by atoms with E-state index < -0.39 is 6.09 Å². The molecule has 1 aromatic carbocycles. The maximum Gasteiger partial charge on any atom is 0.411 e. The Balaban J connectivity index is 2.68. The second-order valence-electron chi connectivity index (χ2n) is 2.47. The molecule has 1 N–H and O–H groups in total. The third-order valence-corrected chi connectivity index (χ3v) is 2.66. The van der Waals surface area contributed by atoms with Gasteiger partial charge in [0.2, 0.25) is 0 Å².